The highest BCUT2D eigenvalue weighted by Gasteiger charge is 2.01. The molecule has 0 saturated carbocycles. The number of rotatable bonds is 4. The molecule has 0 aromatic carbocycles. The van der Waals surface area contributed by atoms with Gasteiger partial charge in [-0.25, -0.2) is 15.8 Å². The van der Waals surface area contributed by atoms with Crippen molar-refractivity contribution in [1.82, 2.24) is 15.0 Å². The summed E-state index contributed by atoms with van der Waals surface area (Å²) >= 11 is 1.13. The van der Waals surface area contributed by atoms with Gasteiger partial charge in [-0.05, 0) is 6.92 Å². The lowest BCUT2D eigenvalue weighted by Gasteiger charge is -2.06. The standard InChI is InChI=1S/C9H12N6OS/c1-5-12-7(2-8(13-5)15-10)11-3-6-4-17-9(16)14-6/h2,4H,3,10H2,1H3,(H,14,16)(H2,11,12,13,15). The highest BCUT2D eigenvalue weighted by molar-refractivity contribution is 7.07. The third-order valence-corrected chi connectivity index (χ3v) is 2.74. The van der Waals surface area contributed by atoms with E-state index >= 15 is 0 Å². The predicted molar refractivity (Wildman–Crippen MR) is 66.8 cm³/mol. The molecule has 0 aliphatic carbocycles. The summed E-state index contributed by atoms with van der Waals surface area (Å²) in [5.41, 5.74) is 3.28. The average Bonchev–Trinajstić information content (AvgIpc) is 2.72. The zero-order chi connectivity index (χ0) is 12.3. The topological polar surface area (TPSA) is 109 Å². The number of aromatic nitrogens is 3. The number of nitrogen functional groups attached to an aromatic ring is 1. The lowest BCUT2D eigenvalue weighted by Crippen LogP contribution is -2.11. The molecule has 0 fully saturated rings. The molecule has 7 nitrogen and oxygen atoms in total. The number of hydrogen-bond acceptors (Lipinski definition) is 7. The Morgan fingerprint density at radius 2 is 2.24 bits per heavy atom. The van der Waals surface area contributed by atoms with Crippen molar-refractivity contribution in [2.75, 3.05) is 10.7 Å². The predicted octanol–water partition coefficient (Wildman–Crippen LogP) is 0.433. The van der Waals surface area contributed by atoms with Crippen LogP contribution < -0.4 is 21.5 Å². The van der Waals surface area contributed by atoms with Crippen molar-refractivity contribution in [2.45, 2.75) is 13.5 Å². The summed E-state index contributed by atoms with van der Waals surface area (Å²) in [6, 6.07) is 1.69. The second kappa shape index (κ2) is 4.93. The van der Waals surface area contributed by atoms with Crippen LogP contribution in [-0.4, -0.2) is 15.0 Å². The zero-order valence-electron chi connectivity index (χ0n) is 9.15. The van der Waals surface area contributed by atoms with Gasteiger partial charge in [-0.1, -0.05) is 11.3 Å². The number of nitrogens with zero attached hydrogens (tertiary/aromatic N) is 2. The monoisotopic (exact) mass is 252 g/mol. The van der Waals surface area contributed by atoms with Gasteiger partial charge in [0.2, 0.25) is 0 Å². The van der Waals surface area contributed by atoms with Gasteiger partial charge in [-0.2, -0.15) is 0 Å². The molecule has 17 heavy (non-hydrogen) atoms. The molecule has 2 aromatic heterocycles. The highest BCUT2D eigenvalue weighted by Crippen LogP contribution is 2.10. The molecule has 2 aromatic rings. The number of nitrogens with one attached hydrogen (secondary N) is 3. The van der Waals surface area contributed by atoms with E-state index in [4.69, 9.17) is 5.84 Å². The second-order valence-electron chi connectivity index (χ2n) is 3.36. The molecule has 90 valence electrons. The molecule has 2 heterocycles. The molecular formula is C9H12N6OS. The molecule has 0 aliphatic heterocycles. The van der Waals surface area contributed by atoms with E-state index in [2.05, 4.69) is 25.7 Å². The van der Waals surface area contributed by atoms with Crippen molar-refractivity contribution in [1.29, 1.82) is 0 Å². The number of hydrogen-bond donors (Lipinski definition) is 4. The summed E-state index contributed by atoms with van der Waals surface area (Å²) in [6.07, 6.45) is 0. The first-order valence-electron chi connectivity index (χ1n) is 4.90. The van der Waals surface area contributed by atoms with E-state index in [1.807, 2.05) is 0 Å². The molecule has 0 amide bonds. The van der Waals surface area contributed by atoms with Gasteiger partial charge in [0.1, 0.15) is 17.5 Å². The van der Waals surface area contributed by atoms with E-state index in [1.165, 1.54) is 0 Å². The number of aromatic amines is 1. The number of anilines is 2. The first-order chi connectivity index (χ1) is 8.17. The fourth-order valence-electron chi connectivity index (χ4n) is 1.32. The molecule has 0 aliphatic rings. The van der Waals surface area contributed by atoms with Gasteiger partial charge in [-0.15, -0.1) is 0 Å². The Kier molecular flexibility index (Phi) is 3.35. The van der Waals surface area contributed by atoms with Crippen LogP contribution in [0.4, 0.5) is 11.6 Å². The molecule has 0 bridgehead atoms. The van der Waals surface area contributed by atoms with Gasteiger partial charge >= 0.3 is 4.87 Å². The fourth-order valence-corrected chi connectivity index (χ4v) is 1.90. The van der Waals surface area contributed by atoms with Crippen LogP contribution in [0.5, 0.6) is 0 Å². The molecule has 0 radical (unpaired) electrons. The largest absolute Gasteiger partial charge is 0.364 e. The van der Waals surface area contributed by atoms with Crippen LogP contribution in [-0.2, 0) is 6.54 Å². The molecule has 2 rings (SSSR count). The minimum absolute atomic E-state index is 0.0648. The number of hydrazine groups is 1. The molecule has 0 saturated heterocycles. The van der Waals surface area contributed by atoms with Gasteiger partial charge in [0, 0.05) is 17.1 Å². The number of aryl methyl sites for hydroxylation is 1. The van der Waals surface area contributed by atoms with Gasteiger partial charge < -0.3 is 15.7 Å². The van der Waals surface area contributed by atoms with E-state index in [-0.39, 0.29) is 4.87 Å². The summed E-state index contributed by atoms with van der Waals surface area (Å²) in [4.78, 5) is 21.8. The van der Waals surface area contributed by atoms with Crippen molar-refractivity contribution in [2.24, 2.45) is 5.84 Å². The van der Waals surface area contributed by atoms with E-state index in [9.17, 15) is 4.79 Å². The van der Waals surface area contributed by atoms with E-state index in [1.54, 1.807) is 18.4 Å². The summed E-state index contributed by atoms with van der Waals surface area (Å²) in [7, 11) is 0. The number of thiazole rings is 1. The maximum atomic E-state index is 10.9. The Hall–Kier alpha value is -1.93. The Labute approximate surface area is 101 Å². The van der Waals surface area contributed by atoms with Gasteiger partial charge in [-0.3, -0.25) is 4.79 Å². The molecule has 0 atom stereocenters. The Balaban J connectivity index is 2.08. The van der Waals surface area contributed by atoms with E-state index in [0.29, 0.717) is 24.0 Å². The molecule has 5 N–H and O–H groups in total. The van der Waals surface area contributed by atoms with Crippen LogP contribution >= 0.6 is 11.3 Å². The maximum Gasteiger partial charge on any atom is 0.304 e. The third-order valence-electron chi connectivity index (χ3n) is 2.02. The number of nitrogens with two attached hydrogens (primary N) is 1. The molecule has 0 unspecified atom stereocenters. The van der Waals surface area contributed by atoms with Gasteiger partial charge in [0.05, 0.1) is 6.54 Å². The van der Waals surface area contributed by atoms with Crippen molar-refractivity contribution >= 4 is 23.0 Å². The van der Waals surface area contributed by atoms with E-state index in [0.717, 1.165) is 17.0 Å². The molecule has 8 heteroatoms. The quantitative estimate of drug-likeness (QED) is 0.464. The maximum absolute atomic E-state index is 10.9. The summed E-state index contributed by atoms with van der Waals surface area (Å²) in [6.45, 7) is 2.28. The summed E-state index contributed by atoms with van der Waals surface area (Å²) in [5, 5.41) is 4.85. The normalized spacial score (nSPS) is 10.2. The van der Waals surface area contributed by atoms with Crippen molar-refractivity contribution < 1.29 is 0 Å². The first-order valence-corrected chi connectivity index (χ1v) is 5.78. The second-order valence-corrected chi connectivity index (χ2v) is 4.20. The van der Waals surface area contributed by atoms with Crippen molar-refractivity contribution in [3.63, 3.8) is 0 Å². The fraction of sp³-hybridized carbons (Fsp3) is 0.222. The van der Waals surface area contributed by atoms with Crippen LogP contribution in [0.3, 0.4) is 0 Å². The van der Waals surface area contributed by atoms with Crippen LogP contribution in [0.1, 0.15) is 11.5 Å². The average molecular weight is 252 g/mol. The van der Waals surface area contributed by atoms with Gasteiger partial charge in [0.25, 0.3) is 0 Å². The van der Waals surface area contributed by atoms with Crippen molar-refractivity contribution in [3.05, 3.63) is 32.6 Å². The van der Waals surface area contributed by atoms with E-state index < -0.39 is 0 Å². The first kappa shape index (κ1) is 11.6. The van der Waals surface area contributed by atoms with Crippen molar-refractivity contribution in [3.8, 4) is 0 Å². The smallest absolute Gasteiger partial charge is 0.304 e. The van der Waals surface area contributed by atoms with Crippen LogP contribution in [0.25, 0.3) is 0 Å². The molecule has 0 spiro atoms. The van der Waals surface area contributed by atoms with Crippen LogP contribution in [0.15, 0.2) is 16.2 Å². The Morgan fingerprint density at radius 1 is 1.47 bits per heavy atom. The number of H-pyrrole nitrogens is 1. The lowest BCUT2D eigenvalue weighted by molar-refractivity contribution is 0.997. The van der Waals surface area contributed by atoms with Gasteiger partial charge in [0.15, 0.2) is 0 Å². The zero-order valence-corrected chi connectivity index (χ0v) is 9.97. The van der Waals surface area contributed by atoms with Crippen LogP contribution in [0.2, 0.25) is 0 Å². The summed E-state index contributed by atoms with van der Waals surface area (Å²) < 4.78 is 0. The van der Waals surface area contributed by atoms with Crippen LogP contribution in [0, 0.1) is 6.92 Å². The third kappa shape index (κ3) is 3.02. The summed E-state index contributed by atoms with van der Waals surface area (Å²) in [5.74, 6) is 7.09. The highest BCUT2D eigenvalue weighted by atomic mass is 32.1. The SMILES string of the molecule is Cc1nc(NN)cc(NCc2csc(=O)[nH]2)n1. The minimum atomic E-state index is -0.0648. The molecular weight excluding hydrogens is 240 g/mol. The Morgan fingerprint density at radius 3 is 2.88 bits per heavy atom. The minimum Gasteiger partial charge on any atom is -0.364 e. The lowest BCUT2D eigenvalue weighted by atomic mass is 10.4. The Bertz CT molecular complexity index is 563.